The minimum atomic E-state index is -0.376. The highest BCUT2D eigenvalue weighted by Gasteiger charge is 2.19. The number of unbranched alkanes of at least 4 members (excludes halogenated alkanes) is 39. The number of hydrogen-bond acceptors (Lipinski definition) is 4. The Bertz CT molecular complexity index is 638. The Morgan fingerprint density at radius 2 is 0.362 bits per heavy atom. The van der Waals surface area contributed by atoms with Crippen molar-refractivity contribution in [2.45, 2.75) is 328 Å². The monoisotopic (exact) mass is 822 g/mol. The van der Waals surface area contributed by atoms with E-state index in [0.29, 0.717) is 19.6 Å². The molecule has 0 heterocycles. The number of nitrogens with zero attached hydrogens (tertiary/aromatic N) is 1. The zero-order chi connectivity index (χ0) is 42.3. The SMILES string of the molecule is CCCCCCCCCCCCCCCCC(O)CN(CC(O)CCCCCCCCCCCCCCCC)CC(O)CCCCCCCCCCCCCCCC. The van der Waals surface area contributed by atoms with Crippen molar-refractivity contribution in [2.24, 2.45) is 0 Å². The minimum absolute atomic E-state index is 0.376. The molecule has 0 aromatic carbocycles. The van der Waals surface area contributed by atoms with Gasteiger partial charge >= 0.3 is 0 Å². The summed E-state index contributed by atoms with van der Waals surface area (Å²) in [5.74, 6) is 0. The maximum Gasteiger partial charge on any atom is 0.0667 e. The fraction of sp³-hybridized carbons (Fsp3) is 1.00. The molecule has 0 radical (unpaired) electrons. The van der Waals surface area contributed by atoms with Crippen LogP contribution < -0.4 is 0 Å². The van der Waals surface area contributed by atoms with Crippen LogP contribution >= 0.6 is 0 Å². The summed E-state index contributed by atoms with van der Waals surface area (Å²) < 4.78 is 0. The first-order valence-corrected chi connectivity index (χ1v) is 27.3. The van der Waals surface area contributed by atoms with E-state index in [4.69, 9.17) is 0 Å². The van der Waals surface area contributed by atoms with Gasteiger partial charge in [0, 0.05) is 19.6 Å². The molecule has 3 unspecified atom stereocenters. The van der Waals surface area contributed by atoms with Crippen LogP contribution in [-0.4, -0.2) is 58.2 Å². The van der Waals surface area contributed by atoms with Gasteiger partial charge in [-0.25, -0.2) is 0 Å². The molecule has 0 spiro atoms. The summed E-state index contributed by atoms with van der Waals surface area (Å²) in [5.41, 5.74) is 0. The normalized spacial score (nSPS) is 13.5. The Morgan fingerprint density at radius 3 is 0.517 bits per heavy atom. The summed E-state index contributed by atoms with van der Waals surface area (Å²) in [6.45, 7) is 8.60. The van der Waals surface area contributed by atoms with E-state index < -0.39 is 0 Å². The van der Waals surface area contributed by atoms with E-state index in [-0.39, 0.29) is 18.3 Å². The molecule has 0 aliphatic rings. The summed E-state index contributed by atoms with van der Waals surface area (Å²) >= 11 is 0. The molecule has 0 aliphatic carbocycles. The highest BCUT2D eigenvalue weighted by Crippen LogP contribution is 2.18. The van der Waals surface area contributed by atoms with Crippen molar-refractivity contribution in [1.82, 2.24) is 4.90 Å². The van der Waals surface area contributed by atoms with Gasteiger partial charge in [0.25, 0.3) is 0 Å². The lowest BCUT2D eigenvalue weighted by Crippen LogP contribution is -2.42. The molecule has 0 aliphatic heterocycles. The molecule has 58 heavy (non-hydrogen) atoms. The lowest BCUT2D eigenvalue weighted by Gasteiger charge is -2.29. The van der Waals surface area contributed by atoms with Gasteiger partial charge in [-0.3, -0.25) is 4.90 Å². The molecular weight excluding hydrogens is 711 g/mol. The van der Waals surface area contributed by atoms with Crippen LogP contribution in [0, 0.1) is 0 Å². The fourth-order valence-corrected chi connectivity index (χ4v) is 9.12. The van der Waals surface area contributed by atoms with Gasteiger partial charge in [-0.05, 0) is 19.3 Å². The van der Waals surface area contributed by atoms with Crippen LogP contribution in [0.15, 0.2) is 0 Å². The molecular formula is C54H111NO3. The number of hydrogen-bond donors (Lipinski definition) is 3. The molecule has 4 nitrogen and oxygen atoms in total. The summed E-state index contributed by atoms with van der Waals surface area (Å²) in [6, 6.07) is 0. The van der Waals surface area contributed by atoms with Gasteiger partial charge in [0.15, 0.2) is 0 Å². The van der Waals surface area contributed by atoms with Gasteiger partial charge in [-0.1, -0.05) is 290 Å². The van der Waals surface area contributed by atoms with E-state index in [1.54, 1.807) is 0 Å². The molecule has 0 saturated carbocycles. The van der Waals surface area contributed by atoms with Crippen LogP contribution in [0.3, 0.4) is 0 Å². The fourth-order valence-electron chi connectivity index (χ4n) is 9.12. The molecule has 0 bridgehead atoms. The van der Waals surface area contributed by atoms with Crippen LogP contribution in [0.25, 0.3) is 0 Å². The Kier molecular flexibility index (Phi) is 49.4. The second kappa shape index (κ2) is 49.5. The summed E-state index contributed by atoms with van der Waals surface area (Å²) in [7, 11) is 0. The predicted molar refractivity (Wildman–Crippen MR) is 259 cm³/mol. The van der Waals surface area contributed by atoms with Crippen molar-refractivity contribution in [3.8, 4) is 0 Å². The topological polar surface area (TPSA) is 63.9 Å². The molecule has 0 amide bonds. The smallest absolute Gasteiger partial charge is 0.0667 e. The summed E-state index contributed by atoms with van der Waals surface area (Å²) in [4.78, 5) is 2.19. The van der Waals surface area contributed by atoms with Gasteiger partial charge in [-0.15, -0.1) is 0 Å². The van der Waals surface area contributed by atoms with Crippen molar-refractivity contribution >= 4 is 0 Å². The molecule has 3 N–H and O–H groups in total. The maximum absolute atomic E-state index is 11.0. The average Bonchev–Trinajstić information content (AvgIpc) is 3.21. The second-order valence-corrected chi connectivity index (χ2v) is 19.3. The predicted octanol–water partition coefficient (Wildman–Crippen LogP) is 17.0. The summed E-state index contributed by atoms with van der Waals surface area (Å²) in [5, 5.41) is 33.1. The van der Waals surface area contributed by atoms with Gasteiger partial charge in [0.1, 0.15) is 0 Å². The van der Waals surface area contributed by atoms with Crippen molar-refractivity contribution in [2.75, 3.05) is 19.6 Å². The van der Waals surface area contributed by atoms with Gasteiger partial charge in [0.2, 0.25) is 0 Å². The summed E-state index contributed by atoms with van der Waals surface area (Å²) in [6.07, 6.45) is 58.1. The van der Waals surface area contributed by atoms with Crippen LogP contribution in [-0.2, 0) is 0 Å². The molecule has 0 rings (SSSR count). The Morgan fingerprint density at radius 1 is 0.224 bits per heavy atom. The molecule has 0 aromatic heterocycles. The van der Waals surface area contributed by atoms with E-state index in [9.17, 15) is 15.3 Å². The van der Waals surface area contributed by atoms with E-state index in [1.807, 2.05) is 0 Å². The third kappa shape index (κ3) is 46.9. The van der Waals surface area contributed by atoms with Crippen LogP contribution in [0.1, 0.15) is 310 Å². The first-order chi connectivity index (χ1) is 28.5. The maximum atomic E-state index is 11.0. The molecule has 0 aromatic rings. The van der Waals surface area contributed by atoms with Crippen LogP contribution in [0.4, 0.5) is 0 Å². The third-order valence-electron chi connectivity index (χ3n) is 13.1. The van der Waals surface area contributed by atoms with E-state index in [0.717, 1.165) is 38.5 Å². The third-order valence-corrected chi connectivity index (χ3v) is 13.1. The molecule has 4 heteroatoms. The van der Waals surface area contributed by atoms with E-state index in [1.165, 1.54) is 250 Å². The molecule has 3 atom stereocenters. The Labute approximate surface area is 366 Å². The molecule has 0 fully saturated rings. The van der Waals surface area contributed by atoms with Gasteiger partial charge in [-0.2, -0.15) is 0 Å². The van der Waals surface area contributed by atoms with Gasteiger partial charge < -0.3 is 15.3 Å². The standard InChI is InChI=1S/C54H111NO3/c1-4-7-10-13-16-19-22-25-28-31-34-37-40-43-46-52(56)49-55(50-53(57)47-44-41-38-35-32-29-26-23-20-17-14-11-8-5-2)51-54(58)48-45-42-39-36-33-30-27-24-21-18-15-12-9-6-3/h52-54,56-58H,4-51H2,1-3H3. The van der Waals surface area contributed by atoms with Crippen molar-refractivity contribution in [3.05, 3.63) is 0 Å². The van der Waals surface area contributed by atoms with Gasteiger partial charge in [0.05, 0.1) is 18.3 Å². The Balaban J connectivity index is 4.31. The zero-order valence-electron chi connectivity index (χ0n) is 40.5. The van der Waals surface area contributed by atoms with Crippen LogP contribution in [0.2, 0.25) is 0 Å². The lowest BCUT2D eigenvalue weighted by atomic mass is 10.0. The minimum Gasteiger partial charge on any atom is -0.392 e. The first-order valence-electron chi connectivity index (χ1n) is 27.3. The van der Waals surface area contributed by atoms with E-state index in [2.05, 4.69) is 25.7 Å². The van der Waals surface area contributed by atoms with Crippen molar-refractivity contribution in [1.29, 1.82) is 0 Å². The molecule has 0 saturated heterocycles. The van der Waals surface area contributed by atoms with E-state index >= 15 is 0 Å². The zero-order valence-corrected chi connectivity index (χ0v) is 40.5. The largest absolute Gasteiger partial charge is 0.392 e. The number of aliphatic hydroxyl groups excluding tert-OH is 3. The lowest BCUT2D eigenvalue weighted by molar-refractivity contribution is 0.0300. The van der Waals surface area contributed by atoms with Crippen molar-refractivity contribution in [3.63, 3.8) is 0 Å². The van der Waals surface area contributed by atoms with Crippen molar-refractivity contribution < 1.29 is 15.3 Å². The highest BCUT2D eigenvalue weighted by atomic mass is 16.3. The average molecular weight is 822 g/mol. The van der Waals surface area contributed by atoms with Crippen LogP contribution in [0.5, 0.6) is 0 Å². The Hall–Kier alpha value is -0.160. The highest BCUT2D eigenvalue weighted by molar-refractivity contribution is 4.73. The number of rotatable bonds is 51. The first kappa shape index (κ1) is 57.8. The molecule has 350 valence electrons. The second-order valence-electron chi connectivity index (χ2n) is 19.3. The number of aliphatic hydroxyl groups is 3. The quantitative estimate of drug-likeness (QED) is 0.0535.